The van der Waals surface area contributed by atoms with Gasteiger partial charge >= 0.3 is 0 Å². The summed E-state index contributed by atoms with van der Waals surface area (Å²) in [5.74, 6) is 0.148. The molecule has 3 amide bonds. The summed E-state index contributed by atoms with van der Waals surface area (Å²) in [4.78, 5) is 58.6. The highest BCUT2D eigenvalue weighted by Crippen LogP contribution is 2.55. The summed E-state index contributed by atoms with van der Waals surface area (Å²) in [7, 11) is 0. The first-order valence-corrected chi connectivity index (χ1v) is 20.8. The van der Waals surface area contributed by atoms with E-state index in [4.69, 9.17) is 16.3 Å². The van der Waals surface area contributed by atoms with E-state index < -0.39 is 11.9 Å². The average molecular weight is 820 g/mol. The number of aromatic nitrogens is 3. The lowest BCUT2D eigenvalue weighted by Gasteiger charge is -2.63. The van der Waals surface area contributed by atoms with E-state index in [1.165, 1.54) is 0 Å². The molecule has 1 atom stereocenters. The summed E-state index contributed by atoms with van der Waals surface area (Å²) >= 11 is 6.26. The minimum atomic E-state index is -0.861. The molecule has 1 aliphatic carbocycles. The second-order valence-corrected chi connectivity index (χ2v) is 18.0. The molecule has 3 saturated heterocycles. The van der Waals surface area contributed by atoms with Crippen molar-refractivity contribution in [3.05, 3.63) is 87.2 Å². The summed E-state index contributed by atoms with van der Waals surface area (Å²) in [6.07, 6.45) is 2.18. The standard InChI is InChI=1S/C44H50ClN9O5/c1-43(2)41(44(3,4)42(43)59-31-13-10-29(25-46)32(45)24-31)48-38(56)28-8-11-30(12-9-28)52-22-20-51(21-23-52)26-27-16-18-53(19-17-27)34-7-5-6-33-37(34)40(58)54(50-49-33)35-14-15-36(55)47-39(35)57/h5-13,24,27,35,41-42H,14-23,26H2,1-4H3,(H,48,56)(H,47,55,57)/t35?,41-,42-. The lowest BCUT2D eigenvalue weighted by Crippen LogP contribution is -2.74. The van der Waals surface area contributed by atoms with E-state index in [1.54, 1.807) is 24.3 Å². The van der Waals surface area contributed by atoms with Gasteiger partial charge in [-0.15, -0.1) is 5.10 Å². The molecule has 1 aromatic heterocycles. The number of ether oxygens (including phenoxy) is 1. The fraction of sp³-hybridized carbons (Fsp3) is 0.477. The zero-order valence-electron chi connectivity index (χ0n) is 33.9. The monoisotopic (exact) mass is 819 g/mol. The number of rotatable bonds is 9. The molecule has 1 unspecified atom stereocenters. The molecule has 3 aromatic carbocycles. The third kappa shape index (κ3) is 7.74. The Morgan fingerprint density at radius 1 is 0.932 bits per heavy atom. The minimum absolute atomic E-state index is 0.114. The fourth-order valence-electron chi connectivity index (χ4n) is 10.0. The number of nitrogens with zero attached hydrogens (tertiary/aromatic N) is 7. The van der Waals surface area contributed by atoms with Crippen LogP contribution in [0.1, 0.15) is 75.3 Å². The summed E-state index contributed by atoms with van der Waals surface area (Å²) < 4.78 is 7.52. The van der Waals surface area contributed by atoms with Crippen molar-refractivity contribution in [3.8, 4) is 11.8 Å². The molecule has 0 bridgehead atoms. The Hall–Kier alpha value is -5.52. The fourth-order valence-corrected chi connectivity index (χ4v) is 10.2. The van der Waals surface area contributed by atoms with Gasteiger partial charge in [-0.1, -0.05) is 50.6 Å². The number of carbonyl (C=O) groups is 3. The molecule has 0 radical (unpaired) electrons. The van der Waals surface area contributed by atoms with Gasteiger partial charge in [0.05, 0.1) is 21.7 Å². The number of halogens is 1. The van der Waals surface area contributed by atoms with Crippen molar-refractivity contribution in [1.82, 2.24) is 30.5 Å². The van der Waals surface area contributed by atoms with Gasteiger partial charge in [-0.2, -0.15) is 9.94 Å². The van der Waals surface area contributed by atoms with Crippen LogP contribution in [0.25, 0.3) is 10.9 Å². The molecule has 4 aromatic rings. The smallest absolute Gasteiger partial charge is 0.280 e. The number of hydrogen-bond donors (Lipinski definition) is 2. The number of amides is 3. The van der Waals surface area contributed by atoms with Crippen molar-refractivity contribution in [2.24, 2.45) is 16.7 Å². The number of anilines is 2. The van der Waals surface area contributed by atoms with Crippen LogP contribution in [-0.4, -0.2) is 95.6 Å². The lowest BCUT2D eigenvalue weighted by molar-refractivity contribution is -0.164. The molecule has 1 saturated carbocycles. The van der Waals surface area contributed by atoms with Crippen molar-refractivity contribution >= 4 is 51.6 Å². The predicted octanol–water partition coefficient (Wildman–Crippen LogP) is 4.94. The topological polar surface area (TPSA) is 166 Å². The molecule has 0 spiro atoms. The van der Waals surface area contributed by atoms with E-state index in [9.17, 15) is 24.4 Å². The van der Waals surface area contributed by atoms with E-state index >= 15 is 0 Å². The van der Waals surface area contributed by atoms with Crippen molar-refractivity contribution in [2.75, 3.05) is 55.6 Å². The van der Waals surface area contributed by atoms with Crippen molar-refractivity contribution < 1.29 is 19.1 Å². The van der Waals surface area contributed by atoms with E-state index in [2.05, 4.69) is 69.4 Å². The number of benzene rings is 3. The Balaban J connectivity index is 0.817. The van der Waals surface area contributed by atoms with Gasteiger partial charge < -0.3 is 19.9 Å². The summed E-state index contributed by atoms with van der Waals surface area (Å²) in [6.45, 7) is 14.7. The molecule has 14 nitrogen and oxygen atoms in total. The number of piperidine rings is 2. The molecule has 308 valence electrons. The van der Waals surface area contributed by atoms with Gasteiger partial charge in [-0.05, 0) is 73.7 Å². The number of imide groups is 1. The first-order chi connectivity index (χ1) is 28.2. The molecule has 15 heteroatoms. The van der Waals surface area contributed by atoms with Crippen LogP contribution in [0.3, 0.4) is 0 Å². The normalized spacial score (nSPS) is 23.3. The number of nitriles is 1. The Morgan fingerprint density at radius 3 is 2.31 bits per heavy atom. The Bertz CT molecular complexity index is 2360. The van der Waals surface area contributed by atoms with Crippen LogP contribution in [0.2, 0.25) is 5.02 Å². The van der Waals surface area contributed by atoms with Crippen LogP contribution in [0.15, 0.2) is 65.5 Å². The van der Waals surface area contributed by atoms with Crippen molar-refractivity contribution in [2.45, 2.75) is 71.6 Å². The number of piperazine rings is 1. The van der Waals surface area contributed by atoms with E-state index in [1.807, 2.05) is 36.4 Å². The molecule has 59 heavy (non-hydrogen) atoms. The van der Waals surface area contributed by atoms with Gasteiger partial charge in [-0.3, -0.25) is 29.4 Å². The molecule has 2 N–H and O–H groups in total. The number of carbonyl (C=O) groups excluding carboxylic acids is 3. The Labute approximate surface area is 348 Å². The quantitative estimate of drug-likeness (QED) is 0.220. The van der Waals surface area contributed by atoms with Crippen LogP contribution in [0.4, 0.5) is 11.4 Å². The van der Waals surface area contributed by atoms with Crippen LogP contribution in [0.5, 0.6) is 5.75 Å². The third-order valence-electron chi connectivity index (χ3n) is 13.0. The molecule has 3 aliphatic heterocycles. The molecule has 4 fully saturated rings. The first-order valence-electron chi connectivity index (χ1n) is 20.5. The summed E-state index contributed by atoms with van der Waals surface area (Å²) in [5, 5.41) is 24.0. The number of nitrogens with one attached hydrogen (secondary N) is 2. The van der Waals surface area contributed by atoms with Gasteiger partial charge in [0, 0.05) is 86.4 Å². The molecule has 8 rings (SSSR count). The second kappa shape index (κ2) is 15.9. The predicted molar refractivity (Wildman–Crippen MR) is 225 cm³/mol. The molecular weight excluding hydrogens is 770 g/mol. The van der Waals surface area contributed by atoms with Crippen LogP contribution < -0.4 is 30.7 Å². The second-order valence-electron chi connectivity index (χ2n) is 17.5. The molecule has 4 aliphatic rings. The zero-order chi connectivity index (χ0) is 41.6. The van der Waals surface area contributed by atoms with E-state index in [-0.39, 0.29) is 53.2 Å². The number of hydrogen-bond acceptors (Lipinski definition) is 11. The van der Waals surface area contributed by atoms with Crippen molar-refractivity contribution in [1.29, 1.82) is 5.26 Å². The maximum absolute atomic E-state index is 13.7. The highest BCUT2D eigenvalue weighted by molar-refractivity contribution is 6.31. The maximum Gasteiger partial charge on any atom is 0.280 e. The van der Waals surface area contributed by atoms with Crippen LogP contribution in [-0.2, 0) is 9.59 Å². The Kier molecular flexibility index (Phi) is 10.9. The first kappa shape index (κ1) is 40.3. The SMILES string of the molecule is CC1(C)[C@H](NC(=O)c2ccc(N3CCN(CC4CCN(c5cccc6nnn(C7CCC(=O)NC7=O)c(=O)c56)CC4)CC3)cc2)C(C)(C)[C@H]1Oc1ccc(C#N)c(Cl)c1. The van der Waals surface area contributed by atoms with Gasteiger partial charge in [-0.25, -0.2) is 0 Å². The minimum Gasteiger partial charge on any atom is -0.489 e. The van der Waals surface area contributed by atoms with Crippen LogP contribution >= 0.6 is 11.6 Å². The molecular formula is C44H50ClN9O5. The van der Waals surface area contributed by atoms with Crippen LogP contribution in [0, 0.1) is 28.1 Å². The van der Waals surface area contributed by atoms with E-state index in [0.29, 0.717) is 38.7 Å². The third-order valence-corrected chi connectivity index (χ3v) is 13.3. The summed E-state index contributed by atoms with van der Waals surface area (Å²) in [6, 6.07) is 19.7. The van der Waals surface area contributed by atoms with Gasteiger partial charge in [0.2, 0.25) is 5.91 Å². The van der Waals surface area contributed by atoms with Gasteiger partial charge in [0.1, 0.15) is 29.5 Å². The largest absolute Gasteiger partial charge is 0.489 e. The van der Waals surface area contributed by atoms with Gasteiger partial charge in [0.15, 0.2) is 0 Å². The highest BCUT2D eigenvalue weighted by atomic mass is 35.5. The lowest BCUT2D eigenvalue weighted by atomic mass is 9.49. The van der Waals surface area contributed by atoms with Gasteiger partial charge in [0.25, 0.3) is 17.4 Å². The number of fused-ring (bicyclic) bond motifs is 1. The Morgan fingerprint density at radius 2 is 1.64 bits per heavy atom. The summed E-state index contributed by atoms with van der Waals surface area (Å²) in [5.41, 5.74) is 2.34. The molecule has 4 heterocycles. The average Bonchev–Trinajstić information content (AvgIpc) is 3.22. The maximum atomic E-state index is 13.7. The van der Waals surface area contributed by atoms with Crippen molar-refractivity contribution in [3.63, 3.8) is 0 Å². The zero-order valence-corrected chi connectivity index (χ0v) is 34.7. The van der Waals surface area contributed by atoms with E-state index in [0.717, 1.165) is 74.7 Å². The highest BCUT2D eigenvalue weighted by Gasteiger charge is 2.64.